The van der Waals surface area contributed by atoms with Crippen molar-refractivity contribution in [3.8, 4) is 11.5 Å². The van der Waals surface area contributed by atoms with E-state index in [1.165, 1.54) is 0 Å². The first-order valence-electron chi connectivity index (χ1n) is 10.4. The van der Waals surface area contributed by atoms with Crippen LogP contribution in [0.15, 0.2) is 47.6 Å². The number of nitrogens with two attached hydrogens (primary N) is 1. The SMILES string of the molecule is COc1ccc(C2=CNC(N)(c3cc(Cl)cc(Cl)c3)N=C2NC2CCNCC2)cc1OC. The quantitative estimate of drug-likeness (QED) is 0.528. The summed E-state index contributed by atoms with van der Waals surface area (Å²) >= 11 is 12.5. The third kappa shape index (κ3) is 4.81. The molecule has 4 rings (SSSR count). The Morgan fingerprint density at radius 1 is 1.03 bits per heavy atom. The number of hydrogen-bond donors (Lipinski definition) is 4. The maximum atomic E-state index is 6.70. The Labute approximate surface area is 198 Å². The van der Waals surface area contributed by atoms with Gasteiger partial charge in [-0.1, -0.05) is 29.3 Å². The number of hydrogen-bond acceptors (Lipinski definition) is 7. The van der Waals surface area contributed by atoms with Crippen LogP contribution in [0.2, 0.25) is 10.0 Å². The molecule has 1 saturated heterocycles. The Balaban J connectivity index is 1.74. The largest absolute Gasteiger partial charge is 0.493 e. The molecular formula is C23H27Cl2N5O2. The third-order valence-electron chi connectivity index (χ3n) is 5.66. The lowest BCUT2D eigenvalue weighted by molar-refractivity contribution is 0.355. The van der Waals surface area contributed by atoms with Crippen molar-refractivity contribution in [1.29, 1.82) is 0 Å². The van der Waals surface area contributed by atoms with Crippen LogP contribution in [0.1, 0.15) is 24.0 Å². The van der Waals surface area contributed by atoms with Gasteiger partial charge in [-0.05, 0) is 61.8 Å². The van der Waals surface area contributed by atoms with E-state index >= 15 is 0 Å². The molecule has 0 amide bonds. The second-order valence-electron chi connectivity index (χ2n) is 7.83. The molecule has 1 unspecified atom stereocenters. The van der Waals surface area contributed by atoms with E-state index in [1.54, 1.807) is 32.4 Å². The van der Waals surface area contributed by atoms with E-state index in [0.717, 1.165) is 37.1 Å². The molecule has 7 nitrogen and oxygen atoms in total. The van der Waals surface area contributed by atoms with Gasteiger partial charge >= 0.3 is 0 Å². The molecule has 2 aromatic rings. The van der Waals surface area contributed by atoms with E-state index in [4.69, 9.17) is 43.4 Å². The van der Waals surface area contributed by atoms with Gasteiger partial charge in [0, 0.05) is 33.4 Å². The highest BCUT2D eigenvalue weighted by Gasteiger charge is 2.32. The minimum absolute atomic E-state index is 0.281. The molecule has 0 aromatic heterocycles. The van der Waals surface area contributed by atoms with E-state index in [9.17, 15) is 0 Å². The number of ether oxygens (including phenoxy) is 2. The summed E-state index contributed by atoms with van der Waals surface area (Å²) in [7, 11) is 3.23. The number of halogens is 2. The highest BCUT2D eigenvalue weighted by molar-refractivity contribution is 6.34. The minimum Gasteiger partial charge on any atom is -0.493 e. The van der Waals surface area contributed by atoms with E-state index in [2.05, 4.69) is 16.0 Å². The van der Waals surface area contributed by atoms with Gasteiger partial charge in [-0.3, -0.25) is 5.73 Å². The smallest absolute Gasteiger partial charge is 0.211 e. The number of nitrogens with zero attached hydrogens (tertiary/aromatic N) is 1. The maximum absolute atomic E-state index is 6.70. The first-order valence-corrected chi connectivity index (χ1v) is 11.2. The molecule has 2 heterocycles. The summed E-state index contributed by atoms with van der Waals surface area (Å²) in [5, 5.41) is 11.2. The van der Waals surface area contributed by atoms with E-state index < -0.39 is 5.79 Å². The van der Waals surface area contributed by atoms with Crippen molar-refractivity contribution in [1.82, 2.24) is 16.0 Å². The Morgan fingerprint density at radius 3 is 2.38 bits per heavy atom. The van der Waals surface area contributed by atoms with Crippen LogP contribution in [0.25, 0.3) is 5.57 Å². The zero-order valence-corrected chi connectivity index (χ0v) is 19.6. The summed E-state index contributed by atoms with van der Waals surface area (Å²) < 4.78 is 10.9. The van der Waals surface area contributed by atoms with Crippen molar-refractivity contribution < 1.29 is 9.47 Å². The fourth-order valence-corrected chi connectivity index (χ4v) is 4.46. The van der Waals surface area contributed by atoms with Crippen LogP contribution in [0, 0.1) is 0 Å². The number of benzene rings is 2. The first kappa shape index (κ1) is 22.7. The van der Waals surface area contributed by atoms with Crippen LogP contribution in [0.5, 0.6) is 11.5 Å². The zero-order chi connectivity index (χ0) is 22.7. The molecule has 0 bridgehead atoms. The minimum atomic E-state index is -1.22. The Morgan fingerprint density at radius 2 is 1.72 bits per heavy atom. The fraction of sp³-hybridized carbons (Fsp3) is 0.348. The molecule has 0 spiro atoms. The summed E-state index contributed by atoms with van der Waals surface area (Å²) in [5.74, 6) is 0.774. The van der Waals surface area contributed by atoms with Gasteiger partial charge in [0.05, 0.1) is 14.2 Å². The van der Waals surface area contributed by atoms with Crippen molar-refractivity contribution in [2.45, 2.75) is 24.7 Å². The molecule has 32 heavy (non-hydrogen) atoms. The molecular weight excluding hydrogens is 449 g/mol. The molecule has 5 N–H and O–H groups in total. The molecule has 9 heteroatoms. The maximum Gasteiger partial charge on any atom is 0.211 e. The van der Waals surface area contributed by atoms with Gasteiger partial charge < -0.3 is 25.4 Å². The lowest BCUT2D eigenvalue weighted by Crippen LogP contribution is -2.52. The molecule has 2 aromatic carbocycles. The Hall–Kier alpha value is -2.45. The number of aliphatic imine (C=N–C) groups is 1. The average Bonchev–Trinajstić information content (AvgIpc) is 2.79. The van der Waals surface area contributed by atoms with Crippen molar-refractivity contribution >= 4 is 34.6 Å². The summed E-state index contributed by atoms with van der Waals surface area (Å²) in [6.07, 6.45) is 3.85. The Bertz CT molecular complexity index is 1030. The number of nitrogens with one attached hydrogen (secondary N) is 3. The molecule has 2 aliphatic heterocycles. The standard InChI is InChI=1S/C23H27Cl2N5O2/c1-31-20-4-3-14(9-21(20)32-2)19-13-28-23(26,15-10-16(24)12-17(25)11-15)30-22(19)29-18-5-7-27-8-6-18/h3-4,9-13,18,27-28H,5-8,26H2,1-2H3,(H,29,30). The normalized spacial score (nSPS) is 21.3. The van der Waals surface area contributed by atoms with Crippen LogP contribution in [-0.2, 0) is 5.79 Å². The molecule has 170 valence electrons. The molecule has 0 saturated carbocycles. The highest BCUT2D eigenvalue weighted by atomic mass is 35.5. The van der Waals surface area contributed by atoms with Gasteiger partial charge in [-0.15, -0.1) is 0 Å². The van der Waals surface area contributed by atoms with Crippen LogP contribution in [-0.4, -0.2) is 39.2 Å². The van der Waals surface area contributed by atoms with Crippen molar-refractivity contribution in [2.75, 3.05) is 27.3 Å². The van der Waals surface area contributed by atoms with Crippen molar-refractivity contribution in [3.63, 3.8) is 0 Å². The second-order valence-corrected chi connectivity index (χ2v) is 8.70. The van der Waals surface area contributed by atoms with Crippen LogP contribution < -0.4 is 31.2 Å². The summed E-state index contributed by atoms with van der Waals surface area (Å²) in [5.41, 5.74) is 9.16. The third-order valence-corrected chi connectivity index (χ3v) is 6.09. The van der Waals surface area contributed by atoms with Crippen LogP contribution in [0.3, 0.4) is 0 Å². The first-order chi connectivity index (χ1) is 15.4. The lowest BCUT2D eigenvalue weighted by Gasteiger charge is -2.34. The molecule has 2 aliphatic rings. The van der Waals surface area contributed by atoms with Crippen molar-refractivity contribution in [2.24, 2.45) is 10.7 Å². The predicted molar refractivity (Wildman–Crippen MR) is 129 cm³/mol. The highest BCUT2D eigenvalue weighted by Crippen LogP contribution is 2.34. The van der Waals surface area contributed by atoms with E-state index in [-0.39, 0.29) is 6.04 Å². The number of rotatable bonds is 5. The summed E-state index contributed by atoms with van der Waals surface area (Å²) in [6.45, 7) is 1.91. The lowest BCUT2D eigenvalue weighted by atomic mass is 9.99. The fourth-order valence-electron chi connectivity index (χ4n) is 3.93. The van der Waals surface area contributed by atoms with Crippen LogP contribution in [0.4, 0.5) is 0 Å². The van der Waals surface area contributed by atoms with Gasteiger partial charge in [0.2, 0.25) is 5.79 Å². The van der Waals surface area contributed by atoms with E-state index in [1.807, 2.05) is 24.4 Å². The van der Waals surface area contributed by atoms with Gasteiger partial charge in [0.1, 0.15) is 5.84 Å². The summed E-state index contributed by atoms with van der Waals surface area (Å²) in [4.78, 5) is 4.91. The molecule has 1 atom stereocenters. The average molecular weight is 476 g/mol. The molecule has 1 fully saturated rings. The second kappa shape index (κ2) is 9.58. The van der Waals surface area contributed by atoms with E-state index in [0.29, 0.717) is 32.9 Å². The topological polar surface area (TPSA) is 92.9 Å². The predicted octanol–water partition coefficient (Wildman–Crippen LogP) is 3.46. The van der Waals surface area contributed by atoms with Gasteiger partial charge in [-0.25, -0.2) is 4.99 Å². The van der Waals surface area contributed by atoms with Gasteiger partial charge in [0.25, 0.3) is 0 Å². The van der Waals surface area contributed by atoms with Gasteiger partial charge in [0.15, 0.2) is 11.5 Å². The Kier molecular flexibility index (Phi) is 6.81. The monoisotopic (exact) mass is 475 g/mol. The van der Waals surface area contributed by atoms with Gasteiger partial charge in [-0.2, -0.15) is 0 Å². The van der Waals surface area contributed by atoms with Crippen LogP contribution >= 0.6 is 23.2 Å². The number of piperidine rings is 1. The zero-order valence-electron chi connectivity index (χ0n) is 18.0. The van der Waals surface area contributed by atoms with Crippen molar-refractivity contribution in [3.05, 3.63) is 63.8 Å². The molecule has 0 radical (unpaired) electrons. The number of methoxy groups -OCH3 is 2. The number of amidine groups is 1. The summed E-state index contributed by atoms with van der Waals surface area (Å²) in [6, 6.07) is 11.2. The molecule has 0 aliphatic carbocycles.